The van der Waals surface area contributed by atoms with Gasteiger partial charge in [0.2, 0.25) is 5.91 Å². The molecule has 1 aromatic carbocycles. The highest BCUT2D eigenvalue weighted by molar-refractivity contribution is 6.29. The van der Waals surface area contributed by atoms with Gasteiger partial charge in [-0.05, 0) is 25.1 Å². The molecule has 0 spiro atoms. The quantitative estimate of drug-likeness (QED) is 0.866. The van der Waals surface area contributed by atoms with E-state index in [1.807, 2.05) is 19.1 Å². The first kappa shape index (κ1) is 12.6. The van der Waals surface area contributed by atoms with E-state index in [1.54, 1.807) is 12.1 Å². The average molecular weight is 265 g/mol. The number of nitrogens with zero attached hydrogens (tertiary/aromatic N) is 1. The van der Waals surface area contributed by atoms with E-state index >= 15 is 0 Å². The van der Waals surface area contributed by atoms with Crippen molar-refractivity contribution in [2.45, 2.75) is 13.8 Å². The number of rotatable bonds is 3. The molecule has 0 saturated heterocycles. The van der Waals surface area contributed by atoms with Crippen molar-refractivity contribution in [1.29, 1.82) is 0 Å². The largest absolute Gasteiger partial charge is 0.492 e. The summed E-state index contributed by atoms with van der Waals surface area (Å²) in [5.74, 6) is 0.451. The van der Waals surface area contributed by atoms with Gasteiger partial charge in [0, 0.05) is 18.4 Å². The summed E-state index contributed by atoms with van der Waals surface area (Å²) in [6.07, 6.45) is 0. The predicted octanol–water partition coefficient (Wildman–Crippen LogP) is 3.25. The van der Waals surface area contributed by atoms with Gasteiger partial charge in [-0.15, -0.1) is 0 Å². The molecule has 4 nitrogen and oxygen atoms in total. The molecule has 0 aliphatic carbocycles. The number of benzene rings is 1. The Balaban J connectivity index is 2.56. The van der Waals surface area contributed by atoms with E-state index in [2.05, 4.69) is 10.3 Å². The normalized spacial score (nSPS) is 10.4. The van der Waals surface area contributed by atoms with E-state index in [0.717, 1.165) is 10.9 Å². The van der Waals surface area contributed by atoms with Gasteiger partial charge in [0.05, 0.1) is 17.8 Å². The van der Waals surface area contributed by atoms with Crippen LogP contribution in [0.1, 0.15) is 13.8 Å². The lowest BCUT2D eigenvalue weighted by Crippen LogP contribution is -2.08. The molecule has 0 bridgehead atoms. The molecular formula is C13H13ClN2O2. The fraction of sp³-hybridized carbons (Fsp3) is 0.231. The van der Waals surface area contributed by atoms with Crippen molar-refractivity contribution in [2.75, 3.05) is 11.9 Å². The number of fused-ring (bicyclic) bond motifs is 1. The molecule has 2 rings (SSSR count). The molecule has 1 heterocycles. The zero-order chi connectivity index (χ0) is 13.1. The van der Waals surface area contributed by atoms with Crippen molar-refractivity contribution in [3.05, 3.63) is 29.4 Å². The van der Waals surface area contributed by atoms with Crippen LogP contribution in [0.3, 0.4) is 0 Å². The van der Waals surface area contributed by atoms with E-state index in [0.29, 0.717) is 23.2 Å². The van der Waals surface area contributed by atoms with Gasteiger partial charge in [-0.25, -0.2) is 4.98 Å². The van der Waals surface area contributed by atoms with Crippen LogP contribution >= 0.6 is 11.6 Å². The van der Waals surface area contributed by atoms with Crippen LogP contribution in [-0.2, 0) is 4.79 Å². The van der Waals surface area contributed by atoms with Gasteiger partial charge in [-0.3, -0.25) is 4.79 Å². The summed E-state index contributed by atoms with van der Waals surface area (Å²) in [5, 5.41) is 4.06. The molecule has 94 valence electrons. The summed E-state index contributed by atoms with van der Waals surface area (Å²) in [7, 11) is 0. The van der Waals surface area contributed by atoms with Crippen molar-refractivity contribution in [2.24, 2.45) is 0 Å². The minimum absolute atomic E-state index is 0.141. The molecule has 0 aliphatic rings. The number of carbonyl (C=O) groups is 1. The number of nitrogens with one attached hydrogen (secondary N) is 1. The van der Waals surface area contributed by atoms with Crippen molar-refractivity contribution in [1.82, 2.24) is 4.98 Å². The second-order valence-electron chi connectivity index (χ2n) is 3.79. The summed E-state index contributed by atoms with van der Waals surface area (Å²) in [5.41, 5.74) is 1.38. The van der Waals surface area contributed by atoms with Crippen LogP contribution in [0.2, 0.25) is 5.15 Å². The van der Waals surface area contributed by atoms with E-state index in [4.69, 9.17) is 16.3 Å². The number of amides is 1. The highest BCUT2D eigenvalue weighted by Gasteiger charge is 2.08. The second-order valence-corrected chi connectivity index (χ2v) is 4.18. The molecule has 5 heteroatoms. The predicted molar refractivity (Wildman–Crippen MR) is 72.2 cm³/mol. The van der Waals surface area contributed by atoms with Crippen molar-refractivity contribution in [3.63, 3.8) is 0 Å². The summed E-state index contributed by atoms with van der Waals surface area (Å²) < 4.78 is 5.49. The number of halogens is 1. The van der Waals surface area contributed by atoms with Crippen LogP contribution < -0.4 is 10.1 Å². The molecular weight excluding hydrogens is 252 g/mol. The molecule has 1 N–H and O–H groups in total. The Kier molecular flexibility index (Phi) is 3.67. The van der Waals surface area contributed by atoms with Crippen LogP contribution in [0.4, 0.5) is 5.69 Å². The maximum atomic E-state index is 11.2. The maximum Gasteiger partial charge on any atom is 0.221 e. The minimum Gasteiger partial charge on any atom is -0.492 e. The Morgan fingerprint density at radius 1 is 1.44 bits per heavy atom. The summed E-state index contributed by atoms with van der Waals surface area (Å²) in [6, 6.07) is 7.16. The van der Waals surface area contributed by atoms with Crippen LogP contribution in [-0.4, -0.2) is 17.5 Å². The fourth-order valence-corrected chi connectivity index (χ4v) is 1.84. The Bertz CT molecular complexity index is 599. The van der Waals surface area contributed by atoms with Crippen molar-refractivity contribution in [3.8, 4) is 5.75 Å². The van der Waals surface area contributed by atoms with E-state index in [9.17, 15) is 4.79 Å². The first-order valence-corrected chi connectivity index (χ1v) is 5.98. The molecule has 0 radical (unpaired) electrons. The number of hydrogen-bond acceptors (Lipinski definition) is 3. The molecule has 1 amide bonds. The Hall–Kier alpha value is -1.81. The molecule has 1 aromatic heterocycles. The molecule has 2 aromatic rings. The average Bonchev–Trinajstić information content (AvgIpc) is 2.30. The smallest absolute Gasteiger partial charge is 0.221 e. The van der Waals surface area contributed by atoms with Gasteiger partial charge in [-0.1, -0.05) is 11.6 Å². The number of anilines is 1. The lowest BCUT2D eigenvalue weighted by molar-refractivity contribution is -0.114. The lowest BCUT2D eigenvalue weighted by atomic mass is 10.2. The van der Waals surface area contributed by atoms with Crippen LogP contribution in [0.15, 0.2) is 24.3 Å². The maximum absolute atomic E-state index is 11.2. The zero-order valence-electron chi connectivity index (χ0n) is 10.2. The first-order chi connectivity index (χ1) is 8.60. The van der Waals surface area contributed by atoms with Crippen LogP contribution in [0.5, 0.6) is 5.75 Å². The van der Waals surface area contributed by atoms with E-state index < -0.39 is 0 Å². The number of carbonyl (C=O) groups excluding carboxylic acids is 1. The Labute approximate surface area is 110 Å². The number of ether oxygens (including phenoxy) is 1. The molecule has 0 unspecified atom stereocenters. The standard InChI is InChI=1S/C13H13ClN2O2/c1-3-18-12-7-10-9(4-5-13(14)16-10)6-11(12)15-8(2)17/h4-7H,3H2,1-2H3,(H,15,17). The molecule has 0 fully saturated rings. The van der Waals surface area contributed by atoms with Gasteiger partial charge in [0.25, 0.3) is 0 Å². The second kappa shape index (κ2) is 5.23. The van der Waals surface area contributed by atoms with Gasteiger partial charge in [0.1, 0.15) is 10.9 Å². The highest BCUT2D eigenvalue weighted by atomic mass is 35.5. The first-order valence-electron chi connectivity index (χ1n) is 5.61. The molecule has 0 aliphatic heterocycles. The van der Waals surface area contributed by atoms with Gasteiger partial charge >= 0.3 is 0 Å². The van der Waals surface area contributed by atoms with Crippen LogP contribution in [0, 0.1) is 0 Å². The van der Waals surface area contributed by atoms with Gasteiger partial charge in [0.15, 0.2) is 0 Å². The van der Waals surface area contributed by atoms with E-state index in [1.165, 1.54) is 6.92 Å². The third-order valence-corrected chi connectivity index (χ3v) is 2.58. The van der Waals surface area contributed by atoms with Gasteiger partial charge < -0.3 is 10.1 Å². The molecule has 0 saturated carbocycles. The molecule has 18 heavy (non-hydrogen) atoms. The zero-order valence-corrected chi connectivity index (χ0v) is 10.9. The van der Waals surface area contributed by atoms with Crippen molar-refractivity contribution < 1.29 is 9.53 Å². The minimum atomic E-state index is -0.141. The number of hydrogen-bond donors (Lipinski definition) is 1. The van der Waals surface area contributed by atoms with Crippen LogP contribution in [0.25, 0.3) is 10.9 Å². The Morgan fingerprint density at radius 3 is 2.89 bits per heavy atom. The summed E-state index contributed by atoms with van der Waals surface area (Å²) in [4.78, 5) is 15.4. The lowest BCUT2D eigenvalue weighted by Gasteiger charge is -2.11. The summed E-state index contributed by atoms with van der Waals surface area (Å²) in [6.45, 7) is 3.85. The number of aromatic nitrogens is 1. The van der Waals surface area contributed by atoms with Crippen molar-refractivity contribution >= 4 is 34.1 Å². The van der Waals surface area contributed by atoms with E-state index in [-0.39, 0.29) is 5.91 Å². The third-order valence-electron chi connectivity index (χ3n) is 2.37. The Morgan fingerprint density at radius 2 is 2.22 bits per heavy atom. The number of pyridine rings is 1. The summed E-state index contributed by atoms with van der Waals surface area (Å²) >= 11 is 5.85. The highest BCUT2D eigenvalue weighted by Crippen LogP contribution is 2.30. The monoisotopic (exact) mass is 264 g/mol. The molecule has 0 atom stereocenters. The van der Waals surface area contributed by atoms with Gasteiger partial charge in [-0.2, -0.15) is 0 Å². The third kappa shape index (κ3) is 2.71. The fourth-order valence-electron chi connectivity index (χ4n) is 1.69. The SMILES string of the molecule is CCOc1cc2nc(Cl)ccc2cc1NC(C)=O. The topological polar surface area (TPSA) is 51.2 Å².